The van der Waals surface area contributed by atoms with E-state index in [2.05, 4.69) is 16.9 Å². The number of rotatable bonds is 9. The molecule has 9 heteroatoms. The highest BCUT2D eigenvalue weighted by atomic mass is 32.2. The highest BCUT2D eigenvalue weighted by Gasteiger charge is 2.32. The van der Waals surface area contributed by atoms with Crippen molar-refractivity contribution in [2.75, 3.05) is 17.7 Å². The fourth-order valence-corrected chi connectivity index (χ4v) is 4.68. The number of aromatic nitrogens is 2. The van der Waals surface area contributed by atoms with Crippen molar-refractivity contribution in [3.8, 4) is 0 Å². The van der Waals surface area contributed by atoms with E-state index in [0.717, 1.165) is 21.8 Å². The van der Waals surface area contributed by atoms with Gasteiger partial charge < -0.3 is 23.9 Å². The van der Waals surface area contributed by atoms with Crippen LogP contribution in [-0.2, 0) is 27.9 Å². The number of aliphatic hydroxyl groups is 1. The maximum Gasteiger partial charge on any atom is 0.411 e. The van der Waals surface area contributed by atoms with Crippen LogP contribution >= 0.6 is 11.8 Å². The number of aliphatic hydroxyl groups excluding tert-OH is 1. The Bertz CT molecular complexity index is 1130. The van der Waals surface area contributed by atoms with Crippen molar-refractivity contribution in [3.63, 3.8) is 0 Å². The van der Waals surface area contributed by atoms with Gasteiger partial charge in [-0.15, -0.1) is 0 Å². The van der Waals surface area contributed by atoms with Crippen molar-refractivity contribution in [2.45, 2.75) is 36.7 Å². The van der Waals surface area contributed by atoms with Gasteiger partial charge in [0.2, 0.25) is 0 Å². The van der Waals surface area contributed by atoms with Crippen LogP contribution in [0.2, 0.25) is 0 Å². The summed E-state index contributed by atoms with van der Waals surface area (Å²) in [7, 11) is 1.97. The largest absolute Gasteiger partial charge is 0.445 e. The first-order chi connectivity index (χ1) is 17.1. The molecule has 1 aliphatic rings. The number of nitrogens with zero attached hydrogens (tertiary/aromatic N) is 2. The van der Waals surface area contributed by atoms with Crippen LogP contribution < -0.4 is 5.32 Å². The number of amides is 1. The van der Waals surface area contributed by atoms with Crippen molar-refractivity contribution in [1.29, 1.82) is 0 Å². The zero-order chi connectivity index (χ0) is 24.6. The molecule has 3 aromatic rings. The third kappa shape index (κ3) is 6.73. The van der Waals surface area contributed by atoms with Crippen molar-refractivity contribution in [2.24, 2.45) is 7.05 Å². The SMILES string of the molecule is C=CCOC(=O)Nc1cccc([C@H]2O[C@@H](CSc3nccn3C)C[C@@H](c3ccc(CO)cc3)O2)c1. The van der Waals surface area contributed by atoms with Gasteiger partial charge in [0.15, 0.2) is 11.4 Å². The zero-order valence-electron chi connectivity index (χ0n) is 19.5. The molecule has 2 N–H and O–H groups in total. The Morgan fingerprint density at radius 3 is 2.83 bits per heavy atom. The molecule has 0 aliphatic carbocycles. The van der Waals surface area contributed by atoms with E-state index in [1.54, 1.807) is 24.0 Å². The van der Waals surface area contributed by atoms with Gasteiger partial charge in [-0.3, -0.25) is 5.32 Å². The Morgan fingerprint density at radius 1 is 1.29 bits per heavy atom. The molecule has 3 atom stereocenters. The van der Waals surface area contributed by atoms with E-state index in [0.29, 0.717) is 17.9 Å². The highest BCUT2D eigenvalue weighted by molar-refractivity contribution is 7.99. The monoisotopic (exact) mass is 495 g/mol. The maximum absolute atomic E-state index is 12.0. The number of carbonyl (C=O) groups is 1. The molecule has 2 heterocycles. The first-order valence-corrected chi connectivity index (χ1v) is 12.3. The summed E-state index contributed by atoms with van der Waals surface area (Å²) in [6.07, 6.45) is 4.42. The fourth-order valence-electron chi connectivity index (χ4n) is 3.73. The number of hydrogen-bond donors (Lipinski definition) is 2. The van der Waals surface area contributed by atoms with Gasteiger partial charge in [0.1, 0.15) is 6.61 Å². The second kappa shape index (κ2) is 12.0. The average molecular weight is 496 g/mol. The minimum absolute atomic E-state index is 0.00447. The Balaban J connectivity index is 1.52. The molecule has 0 bridgehead atoms. The van der Waals surface area contributed by atoms with Crippen LogP contribution in [0.5, 0.6) is 0 Å². The number of hydrogen-bond acceptors (Lipinski definition) is 7. The molecular weight excluding hydrogens is 466 g/mol. The minimum Gasteiger partial charge on any atom is -0.445 e. The normalized spacial score (nSPS) is 19.8. The molecule has 1 saturated heterocycles. The lowest BCUT2D eigenvalue weighted by atomic mass is 10.0. The first kappa shape index (κ1) is 25.0. The van der Waals surface area contributed by atoms with Crippen LogP contribution in [0.15, 0.2) is 78.7 Å². The third-order valence-electron chi connectivity index (χ3n) is 5.53. The number of imidazole rings is 1. The van der Waals surface area contributed by atoms with Crippen LogP contribution in [-0.4, -0.2) is 39.2 Å². The predicted molar refractivity (Wildman–Crippen MR) is 134 cm³/mol. The number of carbonyl (C=O) groups excluding carboxylic acids is 1. The number of nitrogens with one attached hydrogen (secondary N) is 1. The van der Waals surface area contributed by atoms with E-state index < -0.39 is 12.4 Å². The quantitative estimate of drug-likeness (QED) is 0.319. The van der Waals surface area contributed by atoms with E-state index in [4.69, 9.17) is 14.2 Å². The molecule has 0 radical (unpaired) electrons. The highest BCUT2D eigenvalue weighted by Crippen LogP contribution is 2.39. The second-order valence-corrected chi connectivity index (χ2v) is 9.11. The summed E-state index contributed by atoms with van der Waals surface area (Å²) in [5.74, 6) is 0.710. The fraction of sp³-hybridized carbons (Fsp3) is 0.308. The topological polar surface area (TPSA) is 94.8 Å². The molecule has 1 fully saturated rings. The van der Waals surface area contributed by atoms with Crippen molar-refractivity contribution in [1.82, 2.24) is 9.55 Å². The van der Waals surface area contributed by atoms with Gasteiger partial charge >= 0.3 is 6.09 Å². The lowest BCUT2D eigenvalue weighted by Crippen LogP contribution is -2.31. The lowest BCUT2D eigenvalue weighted by molar-refractivity contribution is -0.245. The van der Waals surface area contributed by atoms with Crippen LogP contribution in [0, 0.1) is 0 Å². The second-order valence-electron chi connectivity index (χ2n) is 8.12. The number of aryl methyl sites for hydroxylation is 1. The van der Waals surface area contributed by atoms with Gasteiger partial charge in [-0.05, 0) is 23.3 Å². The van der Waals surface area contributed by atoms with E-state index in [-0.39, 0.29) is 25.4 Å². The molecule has 8 nitrogen and oxygen atoms in total. The third-order valence-corrected chi connectivity index (χ3v) is 6.72. The molecule has 0 saturated carbocycles. The summed E-state index contributed by atoms with van der Waals surface area (Å²) in [6, 6.07) is 15.1. The van der Waals surface area contributed by atoms with Crippen molar-refractivity contribution < 1.29 is 24.1 Å². The van der Waals surface area contributed by atoms with Crippen LogP contribution in [0.25, 0.3) is 0 Å². The maximum atomic E-state index is 12.0. The molecular formula is C26H29N3O5S. The molecule has 35 heavy (non-hydrogen) atoms. The smallest absolute Gasteiger partial charge is 0.411 e. The van der Waals surface area contributed by atoms with Gasteiger partial charge in [0.05, 0.1) is 18.8 Å². The molecule has 0 spiro atoms. The Hall–Kier alpha value is -3.11. The molecule has 2 aromatic carbocycles. The van der Waals surface area contributed by atoms with Crippen LogP contribution in [0.3, 0.4) is 0 Å². The Labute approximate surface area is 208 Å². The van der Waals surface area contributed by atoms with E-state index in [1.165, 1.54) is 6.08 Å². The molecule has 1 amide bonds. The lowest BCUT2D eigenvalue weighted by Gasteiger charge is -2.36. The summed E-state index contributed by atoms with van der Waals surface area (Å²) in [4.78, 5) is 16.3. The van der Waals surface area contributed by atoms with Crippen LogP contribution in [0.1, 0.15) is 35.5 Å². The Morgan fingerprint density at radius 2 is 2.11 bits per heavy atom. The summed E-state index contributed by atoms with van der Waals surface area (Å²) in [5, 5.41) is 13.0. The summed E-state index contributed by atoms with van der Waals surface area (Å²) >= 11 is 1.64. The van der Waals surface area contributed by atoms with E-state index in [1.807, 2.05) is 60.3 Å². The molecule has 184 valence electrons. The van der Waals surface area contributed by atoms with Crippen molar-refractivity contribution in [3.05, 3.63) is 90.3 Å². The summed E-state index contributed by atoms with van der Waals surface area (Å²) < 4.78 is 19.7. The Kier molecular flexibility index (Phi) is 8.59. The first-order valence-electron chi connectivity index (χ1n) is 11.3. The van der Waals surface area contributed by atoms with Crippen LogP contribution in [0.4, 0.5) is 10.5 Å². The predicted octanol–water partition coefficient (Wildman–Crippen LogP) is 4.98. The number of thioether (sulfide) groups is 1. The van der Waals surface area contributed by atoms with Gasteiger partial charge in [-0.1, -0.05) is 60.8 Å². The number of ether oxygens (including phenoxy) is 3. The summed E-state index contributed by atoms with van der Waals surface area (Å²) in [5.41, 5.74) is 3.23. The average Bonchev–Trinajstić information content (AvgIpc) is 3.30. The van der Waals surface area contributed by atoms with E-state index in [9.17, 15) is 9.90 Å². The molecule has 0 unspecified atom stereocenters. The molecule has 4 rings (SSSR count). The van der Waals surface area contributed by atoms with Crippen molar-refractivity contribution >= 4 is 23.5 Å². The van der Waals surface area contributed by atoms with Gasteiger partial charge in [0, 0.05) is 42.9 Å². The zero-order valence-corrected chi connectivity index (χ0v) is 20.3. The summed E-state index contributed by atoms with van der Waals surface area (Å²) in [6.45, 7) is 3.67. The van der Waals surface area contributed by atoms with E-state index >= 15 is 0 Å². The van der Waals surface area contributed by atoms with Gasteiger partial charge in [-0.2, -0.15) is 0 Å². The number of benzene rings is 2. The molecule has 1 aliphatic heterocycles. The number of anilines is 1. The van der Waals surface area contributed by atoms with Gasteiger partial charge in [0.25, 0.3) is 0 Å². The standard InChI is InChI=1S/C26H29N3O5S/c1-3-13-32-26(31)28-21-6-4-5-20(14-21)24-33-22(17-35-25-27-11-12-29(25)2)15-23(34-24)19-9-7-18(16-30)8-10-19/h3-12,14,22-24,30H,1,13,15-17H2,2H3,(H,28,31)/t22-,23+,24+/m1/s1. The molecule has 1 aromatic heterocycles. The minimum atomic E-state index is -0.621. The van der Waals surface area contributed by atoms with Gasteiger partial charge in [-0.25, -0.2) is 9.78 Å².